The van der Waals surface area contributed by atoms with E-state index in [1.54, 1.807) is 30.6 Å². The first-order chi connectivity index (χ1) is 14.1. The Morgan fingerprint density at radius 2 is 2.14 bits per heavy atom. The molecule has 1 amide bonds. The molecular formula is C20H18FN7O. The number of nitriles is 1. The van der Waals surface area contributed by atoms with E-state index in [1.165, 1.54) is 6.07 Å². The first-order valence-electron chi connectivity index (χ1n) is 9.27. The first-order valence-corrected chi connectivity index (χ1v) is 9.27. The van der Waals surface area contributed by atoms with Crippen molar-refractivity contribution in [3.63, 3.8) is 0 Å². The van der Waals surface area contributed by atoms with Crippen LogP contribution >= 0.6 is 0 Å². The molecule has 2 aromatic heterocycles. The van der Waals surface area contributed by atoms with Crippen molar-refractivity contribution in [2.24, 2.45) is 4.99 Å². The summed E-state index contributed by atoms with van der Waals surface area (Å²) in [5, 5.41) is 22.8. The number of rotatable bonds is 6. The Balaban J connectivity index is 1.40. The molecule has 8 nitrogen and oxygen atoms in total. The summed E-state index contributed by atoms with van der Waals surface area (Å²) in [6.07, 6.45) is 6.28. The van der Waals surface area contributed by atoms with Gasteiger partial charge >= 0.3 is 0 Å². The highest BCUT2D eigenvalue weighted by Gasteiger charge is 2.41. The molecule has 9 heteroatoms. The van der Waals surface area contributed by atoms with Crippen molar-refractivity contribution in [3.8, 4) is 6.07 Å². The summed E-state index contributed by atoms with van der Waals surface area (Å²) in [6.45, 7) is 0.483. The van der Waals surface area contributed by atoms with Crippen LogP contribution in [0, 0.1) is 17.1 Å². The van der Waals surface area contributed by atoms with Gasteiger partial charge in [0.05, 0.1) is 11.4 Å². The van der Waals surface area contributed by atoms with Gasteiger partial charge in [-0.05, 0) is 37.1 Å². The predicted molar refractivity (Wildman–Crippen MR) is 103 cm³/mol. The highest BCUT2D eigenvalue weighted by Crippen LogP contribution is 2.43. The largest absolute Gasteiger partial charge is 0.368 e. The lowest BCUT2D eigenvalue weighted by Crippen LogP contribution is -2.42. The number of pyridine rings is 1. The maximum absolute atomic E-state index is 14.2. The Bertz CT molecular complexity index is 1040. The fourth-order valence-corrected chi connectivity index (χ4v) is 3.49. The molecule has 146 valence electrons. The van der Waals surface area contributed by atoms with Gasteiger partial charge in [-0.15, -0.1) is 10.2 Å². The Labute approximate surface area is 166 Å². The molecule has 0 atom stereocenters. The summed E-state index contributed by atoms with van der Waals surface area (Å²) in [5.41, 5.74) is 0.888. The molecule has 0 saturated heterocycles. The van der Waals surface area contributed by atoms with Crippen LogP contribution < -0.4 is 10.6 Å². The molecule has 1 aliphatic heterocycles. The van der Waals surface area contributed by atoms with Crippen LogP contribution in [0.5, 0.6) is 0 Å². The van der Waals surface area contributed by atoms with Gasteiger partial charge in [0.1, 0.15) is 17.7 Å². The average molecular weight is 391 g/mol. The number of halogens is 1. The van der Waals surface area contributed by atoms with Gasteiger partial charge < -0.3 is 10.6 Å². The Morgan fingerprint density at radius 1 is 1.28 bits per heavy atom. The van der Waals surface area contributed by atoms with Crippen LogP contribution in [-0.4, -0.2) is 33.8 Å². The normalized spacial score (nSPS) is 16.8. The SMILES string of the molecule is N#CC1=C(NC(=O)c2ccc(NCC3(c4ncccc4F)CCC3)nn2)CC=N1. The molecule has 1 saturated carbocycles. The van der Waals surface area contributed by atoms with Gasteiger partial charge in [0, 0.05) is 30.8 Å². The Morgan fingerprint density at radius 3 is 2.79 bits per heavy atom. The number of aliphatic imine (C=N–C) groups is 1. The average Bonchev–Trinajstić information content (AvgIpc) is 3.16. The second-order valence-electron chi connectivity index (χ2n) is 7.03. The zero-order valence-electron chi connectivity index (χ0n) is 15.5. The van der Waals surface area contributed by atoms with Crippen molar-refractivity contribution in [1.82, 2.24) is 20.5 Å². The molecule has 0 radical (unpaired) electrons. The number of nitrogens with one attached hydrogen (secondary N) is 2. The van der Waals surface area contributed by atoms with Crippen molar-refractivity contribution in [2.45, 2.75) is 31.1 Å². The van der Waals surface area contributed by atoms with E-state index in [4.69, 9.17) is 5.26 Å². The van der Waals surface area contributed by atoms with E-state index < -0.39 is 5.91 Å². The number of carbonyl (C=O) groups is 1. The summed E-state index contributed by atoms with van der Waals surface area (Å²) in [6, 6.07) is 8.13. The van der Waals surface area contributed by atoms with Crippen LogP contribution in [0.1, 0.15) is 41.9 Å². The molecule has 0 aromatic carbocycles. The van der Waals surface area contributed by atoms with Gasteiger partial charge in [-0.1, -0.05) is 6.42 Å². The zero-order chi connectivity index (χ0) is 20.3. The van der Waals surface area contributed by atoms with Crippen LogP contribution in [-0.2, 0) is 5.41 Å². The molecular weight excluding hydrogens is 373 g/mol. The minimum absolute atomic E-state index is 0.126. The molecule has 2 aromatic rings. The van der Waals surface area contributed by atoms with E-state index in [-0.39, 0.29) is 22.6 Å². The van der Waals surface area contributed by atoms with Crippen molar-refractivity contribution in [3.05, 3.63) is 59.1 Å². The van der Waals surface area contributed by atoms with E-state index >= 15 is 0 Å². The molecule has 2 N–H and O–H groups in total. The number of anilines is 1. The lowest BCUT2D eigenvalue weighted by atomic mass is 9.66. The van der Waals surface area contributed by atoms with E-state index in [2.05, 4.69) is 30.8 Å². The summed E-state index contributed by atoms with van der Waals surface area (Å²) in [5.74, 6) is -0.261. The number of amides is 1. The minimum Gasteiger partial charge on any atom is -0.368 e. The lowest BCUT2D eigenvalue weighted by Gasteiger charge is -2.41. The molecule has 0 bridgehead atoms. The maximum atomic E-state index is 14.2. The van der Waals surface area contributed by atoms with Crippen LogP contribution in [0.3, 0.4) is 0 Å². The predicted octanol–water partition coefficient (Wildman–Crippen LogP) is 2.48. The Kier molecular flexibility index (Phi) is 4.99. The van der Waals surface area contributed by atoms with Crippen molar-refractivity contribution >= 4 is 17.9 Å². The number of carbonyl (C=O) groups excluding carboxylic acids is 1. The third-order valence-corrected chi connectivity index (χ3v) is 5.25. The third kappa shape index (κ3) is 3.69. The molecule has 1 fully saturated rings. The number of nitrogens with zero attached hydrogens (tertiary/aromatic N) is 5. The van der Waals surface area contributed by atoms with Crippen LogP contribution in [0.4, 0.5) is 10.2 Å². The van der Waals surface area contributed by atoms with Gasteiger partial charge in [-0.2, -0.15) is 5.26 Å². The van der Waals surface area contributed by atoms with Crippen LogP contribution in [0.25, 0.3) is 0 Å². The standard InChI is InChI=1S/C20H18FN7O/c21-13-3-1-9-24-18(13)20(7-2-8-20)12-25-17-5-4-15(27-28-17)19(29)26-14-6-10-23-16(14)11-22/h1,3-5,9-10H,2,6-8,12H2,(H,25,28)(H,26,29). The number of allylic oxidation sites excluding steroid dienone is 2. The van der Waals surface area contributed by atoms with Crippen LogP contribution in [0.2, 0.25) is 0 Å². The number of hydrogen-bond donors (Lipinski definition) is 2. The monoisotopic (exact) mass is 391 g/mol. The summed E-state index contributed by atoms with van der Waals surface area (Å²) in [7, 11) is 0. The summed E-state index contributed by atoms with van der Waals surface area (Å²) in [4.78, 5) is 20.4. The maximum Gasteiger partial charge on any atom is 0.276 e. The first kappa shape index (κ1) is 18.7. The van der Waals surface area contributed by atoms with Crippen molar-refractivity contribution in [2.75, 3.05) is 11.9 Å². The quantitative estimate of drug-likeness (QED) is 0.781. The molecule has 0 unspecified atom stereocenters. The minimum atomic E-state index is -0.455. The smallest absolute Gasteiger partial charge is 0.276 e. The molecule has 1 aliphatic carbocycles. The highest BCUT2D eigenvalue weighted by atomic mass is 19.1. The second-order valence-corrected chi connectivity index (χ2v) is 7.03. The van der Waals surface area contributed by atoms with Gasteiger partial charge in [0.2, 0.25) is 0 Å². The molecule has 4 rings (SSSR count). The lowest BCUT2D eigenvalue weighted by molar-refractivity contribution is 0.0959. The molecule has 29 heavy (non-hydrogen) atoms. The zero-order valence-corrected chi connectivity index (χ0v) is 15.5. The third-order valence-electron chi connectivity index (χ3n) is 5.25. The van der Waals surface area contributed by atoms with E-state index in [0.717, 1.165) is 19.3 Å². The van der Waals surface area contributed by atoms with Gasteiger partial charge in [0.25, 0.3) is 5.91 Å². The summed E-state index contributed by atoms with van der Waals surface area (Å²) < 4.78 is 14.2. The number of hydrogen-bond acceptors (Lipinski definition) is 7. The van der Waals surface area contributed by atoms with Crippen molar-refractivity contribution in [1.29, 1.82) is 5.26 Å². The summed E-state index contributed by atoms with van der Waals surface area (Å²) >= 11 is 0. The van der Waals surface area contributed by atoms with E-state index in [9.17, 15) is 9.18 Å². The van der Waals surface area contributed by atoms with Gasteiger partial charge in [0.15, 0.2) is 11.4 Å². The molecule has 0 spiro atoms. The highest BCUT2D eigenvalue weighted by molar-refractivity contribution is 5.94. The van der Waals surface area contributed by atoms with E-state index in [1.807, 2.05) is 6.07 Å². The van der Waals surface area contributed by atoms with E-state index in [0.29, 0.717) is 30.2 Å². The topological polar surface area (TPSA) is 116 Å². The Hall–Kier alpha value is -3.67. The number of aromatic nitrogens is 3. The second kappa shape index (κ2) is 7.75. The fourth-order valence-electron chi connectivity index (χ4n) is 3.49. The van der Waals surface area contributed by atoms with Crippen molar-refractivity contribution < 1.29 is 9.18 Å². The van der Waals surface area contributed by atoms with Gasteiger partial charge in [-0.3, -0.25) is 9.78 Å². The fraction of sp³-hybridized carbons (Fsp3) is 0.300. The molecule has 3 heterocycles. The van der Waals surface area contributed by atoms with Gasteiger partial charge in [-0.25, -0.2) is 9.38 Å². The van der Waals surface area contributed by atoms with Crippen LogP contribution in [0.15, 0.2) is 46.8 Å². The molecule has 2 aliphatic rings.